The van der Waals surface area contributed by atoms with E-state index in [1.807, 2.05) is 0 Å². The summed E-state index contributed by atoms with van der Waals surface area (Å²) >= 11 is 0. The zero-order valence-corrected chi connectivity index (χ0v) is 5.16. The van der Waals surface area contributed by atoms with Crippen LogP contribution in [0.5, 0.6) is 0 Å². The minimum Gasteiger partial charge on any atom is -0.481 e. The summed E-state index contributed by atoms with van der Waals surface area (Å²) < 4.78 is 0. The fourth-order valence-electron chi connectivity index (χ4n) is 0. The first-order valence-corrected chi connectivity index (χ1v) is 2.13. The van der Waals surface area contributed by atoms with Crippen LogP contribution in [0.4, 0.5) is 0 Å². The summed E-state index contributed by atoms with van der Waals surface area (Å²) in [4.78, 5) is 9.00. The molecule has 54 valence electrons. The van der Waals surface area contributed by atoms with E-state index in [2.05, 4.69) is 0 Å². The largest absolute Gasteiger partial charge is 0.481 e. The Bertz CT molecular complexity index is 102. The van der Waals surface area contributed by atoms with Crippen LogP contribution in [-0.2, 0) is 4.79 Å². The monoisotopic (exact) mass is 133 g/mol. The van der Waals surface area contributed by atoms with Gasteiger partial charge in [-0.1, -0.05) is 0 Å². The SMILES string of the molecule is CC(=O)O.NC=C(N)N. The van der Waals surface area contributed by atoms with E-state index in [-0.39, 0.29) is 5.82 Å². The van der Waals surface area contributed by atoms with E-state index in [0.29, 0.717) is 0 Å². The van der Waals surface area contributed by atoms with Crippen molar-refractivity contribution >= 4 is 5.97 Å². The van der Waals surface area contributed by atoms with Gasteiger partial charge in [-0.3, -0.25) is 4.79 Å². The van der Waals surface area contributed by atoms with Crippen molar-refractivity contribution in [3.63, 3.8) is 0 Å². The van der Waals surface area contributed by atoms with Gasteiger partial charge in [0.05, 0.1) is 0 Å². The predicted molar refractivity (Wildman–Crippen MR) is 34.0 cm³/mol. The molecule has 0 amide bonds. The molecule has 5 heteroatoms. The molecule has 0 spiro atoms. The molecule has 7 N–H and O–H groups in total. The molecule has 0 rings (SSSR count). The highest BCUT2D eigenvalue weighted by molar-refractivity contribution is 5.62. The van der Waals surface area contributed by atoms with Gasteiger partial charge in [-0.15, -0.1) is 0 Å². The molecule has 5 nitrogen and oxygen atoms in total. The maximum absolute atomic E-state index is 9.00. The average molecular weight is 133 g/mol. The highest BCUT2D eigenvalue weighted by atomic mass is 16.4. The summed E-state index contributed by atoms with van der Waals surface area (Å²) in [5.41, 5.74) is 14.4. The number of rotatable bonds is 0. The smallest absolute Gasteiger partial charge is 0.300 e. The number of carboxylic acid groups (broad SMARTS) is 1. The number of aliphatic carboxylic acids is 1. The Kier molecular flexibility index (Phi) is 7.76. The Balaban J connectivity index is 0. The topological polar surface area (TPSA) is 115 Å². The Labute approximate surface area is 53.1 Å². The van der Waals surface area contributed by atoms with E-state index in [4.69, 9.17) is 27.1 Å². The minimum atomic E-state index is -0.833. The highest BCUT2D eigenvalue weighted by Crippen LogP contribution is 1.49. The van der Waals surface area contributed by atoms with Crippen molar-refractivity contribution in [3.8, 4) is 0 Å². The molecule has 0 saturated heterocycles. The van der Waals surface area contributed by atoms with Crippen LogP contribution in [0, 0.1) is 0 Å². The first kappa shape index (κ1) is 10.6. The van der Waals surface area contributed by atoms with Crippen molar-refractivity contribution < 1.29 is 9.90 Å². The van der Waals surface area contributed by atoms with Crippen LogP contribution in [0.15, 0.2) is 12.0 Å². The van der Waals surface area contributed by atoms with E-state index in [9.17, 15) is 0 Å². The molecular formula is C4H11N3O2. The fraction of sp³-hybridized carbons (Fsp3) is 0.250. The Hall–Kier alpha value is -1.39. The lowest BCUT2D eigenvalue weighted by Crippen LogP contribution is -2.09. The summed E-state index contributed by atoms with van der Waals surface area (Å²) in [7, 11) is 0. The number of carbonyl (C=O) groups is 1. The second-order valence-electron chi connectivity index (χ2n) is 1.19. The van der Waals surface area contributed by atoms with Gasteiger partial charge in [-0.2, -0.15) is 0 Å². The van der Waals surface area contributed by atoms with E-state index in [1.54, 1.807) is 0 Å². The zero-order valence-electron chi connectivity index (χ0n) is 5.16. The Morgan fingerprint density at radius 3 is 1.67 bits per heavy atom. The number of hydrogen-bond donors (Lipinski definition) is 4. The highest BCUT2D eigenvalue weighted by Gasteiger charge is 1.65. The molecule has 0 saturated carbocycles. The van der Waals surface area contributed by atoms with Gasteiger partial charge in [0, 0.05) is 13.1 Å². The van der Waals surface area contributed by atoms with Gasteiger partial charge in [0.25, 0.3) is 5.97 Å². The molecule has 0 heterocycles. The number of carboxylic acids is 1. The van der Waals surface area contributed by atoms with Gasteiger partial charge in [-0.25, -0.2) is 0 Å². The lowest BCUT2D eigenvalue weighted by Gasteiger charge is -1.78. The summed E-state index contributed by atoms with van der Waals surface area (Å²) in [6.45, 7) is 1.08. The second kappa shape index (κ2) is 6.61. The number of nitrogens with two attached hydrogens (primary N) is 3. The van der Waals surface area contributed by atoms with E-state index < -0.39 is 5.97 Å². The molecule has 0 bridgehead atoms. The molecule has 0 atom stereocenters. The summed E-state index contributed by atoms with van der Waals surface area (Å²) in [5, 5.41) is 7.42. The molecule has 0 radical (unpaired) electrons. The Morgan fingerprint density at radius 2 is 1.67 bits per heavy atom. The quantitative estimate of drug-likeness (QED) is 0.329. The molecule has 0 aromatic carbocycles. The molecule has 9 heavy (non-hydrogen) atoms. The molecule has 0 aliphatic heterocycles. The fourth-order valence-corrected chi connectivity index (χ4v) is 0. The van der Waals surface area contributed by atoms with Gasteiger partial charge in [-0.05, 0) is 0 Å². The van der Waals surface area contributed by atoms with Crippen LogP contribution in [0.3, 0.4) is 0 Å². The van der Waals surface area contributed by atoms with Crippen molar-refractivity contribution in [1.82, 2.24) is 0 Å². The van der Waals surface area contributed by atoms with Crippen molar-refractivity contribution in [1.29, 1.82) is 0 Å². The van der Waals surface area contributed by atoms with Gasteiger partial charge >= 0.3 is 0 Å². The van der Waals surface area contributed by atoms with Crippen LogP contribution >= 0.6 is 0 Å². The zero-order chi connectivity index (χ0) is 7.86. The normalized spacial score (nSPS) is 6.33. The van der Waals surface area contributed by atoms with Crippen molar-refractivity contribution in [2.45, 2.75) is 6.92 Å². The van der Waals surface area contributed by atoms with Gasteiger partial charge in [0.2, 0.25) is 0 Å². The van der Waals surface area contributed by atoms with Crippen LogP contribution in [0.2, 0.25) is 0 Å². The lowest BCUT2D eigenvalue weighted by molar-refractivity contribution is -0.134. The first-order valence-electron chi connectivity index (χ1n) is 2.13. The Morgan fingerprint density at radius 1 is 1.56 bits per heavy atom. The van der Waals surface area contributed by atoms with Crippen LogP contribution < -0.4 is 17.2 Å². The molecule has 0 fully saturated rings. The van der Waals surface area contributed by atoms with Crippen LogP contribution in [0.25, 0.3) is 0 Å². The minimum absolute atomic E-state index is 0.157. The second-order valence-corrected chi connectivity index (χ2v) is 1.19. The first-order chi connectivity index (χ1) is 4.00. The predicted octanol–water partition coefficient (Wildman–Crippen LogP) is -1.25. The van der Waals surface area contributed by atoms with E-state index in [1.165, 1.54) is 0 Å². The maximum Gasteiger partial charge on any atom is 0.300 e. The molecular weight excluding hydrogens is 122 g/mol. The third kappa shape index (κ3) is 378. The summed E-state index contributed by atoms with van der Waals surface area (Å²) in [5.74, 6) is -0.676. The standard InChI is InChI=1S/C2H7N3.C2H4O2/c3-1-2(4)5;1-2(3)4/h1H,3-5H2;1H3,(H,3,4). The van der Waals surface area contributed by atoms with Crippen LogP contribution in [-0.4, -0.2) is 11.1 Å². The third-order valence-corrected chi connectivity index (χ3v) is 0.192. The third-order valence-electron chi connectivity index (χ3n) is 0.192. The van der Waals surface area contributed by atoms with Gasteiger partial charge in [0.1, 0.15) is 5.82 Å². The summed E-state index contributed by atoms with van der Waals surface area (Å²) in [6.07, 6.45) is 1.14. The van der Waals surface area contributed by atoms with Crippen molar-refractivity contribution in [3.05, 3.63) is 12.0 Å². The molecule has 0 aromatic heterocycles. The number of hydrogen-bond acceptors (Lipinski definition) is 4. The molecule has 0 aliphatic rings. The van der Waals surface area contributed by atoms with Gasteiger partial charge < -0.3 is 22.3 Å². The van der Waals surface area contributed by atoms with E-state index >= 15 is 0 Å². The van der Waals surface area contributed by atoms with Crippen molar-refractivity contribution in [2.75, 3.05) is 0 Å². The van der Waals surface area contributed by atoms with Crippen molar-refractivity contribution in [2.24, 2.45) is 17.2 Å². The molecule has 0 aromatic rings. The van der Waals surface area contributed by atoms with E-state index in [0.717, 1.165) is 13.1 Å². The summed E-state index contributed by atoms with van der Waals surface area (Å²) in [6, 6.07) is 0. The molecule has 0 unspecified atom stereocenters. The lowest BCUT2D eigenvalue weighted by atomic mass is 10.8. The molecule has 0 aliphatic carbocycles. The average Bonchev–Trinajstić information content (AvgIpc) is 1.65. The van der Waals surface area contributed by atoms with Crippen LogP contribution in [0.1, 0.15) is 6.92 Å². The maximum atomic E-state index is 9.00. The van der Waals surface area contributed by atoms with Gasteiger partial charge in [0.15, 0.2) is 0 Å².